The van der Waals surface area contributed by atoms with E-state index in [0.717, 1.165) is 0 Å². The molecule has 0 spiro atoms. The Bertz CT molecular complexity index is 1450. The van der Waals surface area contributed by atoms with Gasteiger partial charge in [0.2, 0.25) is 0 Å². The zero-order valence-corrected chi connectivity index (χ0v) is 18.8. The number of hydrogen-bond acceptors (Lipinski definition) is 7. The second-order valence-corrected chi connectivity index (χ2v) is 8.16. The molecule has 0 radical (unpaired) electrons. The normalized spacial score (nSPS) is 14.6. The van der Waals surface area contributed by atoms with E-state index in [9.17, 15) is 14.3 Å². The van der Waals surface area contributed by atoms with E-state index in [4.69, 9.17) is 10.00 Å². The van der Waals surface area contributed by atoms with Gasteiger partial charge in [0.05, 0.1) is 36.1 Å². The monoisotopic (exact) mass is 472 g/mol. The number of nitriles is 1. The molecule has 1 amide bonds. The van der Waals surface area contributed by atoms with Crippen molar-refractivity contribution in [3.05, 3.63) is 71.4 Å². The van der Waals surface area contributed by atoms with Gasteiger partial charge in [-0.05, 0) is 25.1 Å². The van der Waals surface area contributed by atoms with Crippen LogP contribution in [0.1, 0.15) is 34.6 Å². The second kappa shape index (κ2) is 9.21. The Morgan fingerprint density at radius 1 is 1.20 bits per heavy atom. The van der Waals surface area contributed by atoms with Crippen LogP contribution < -0.4 is 0 Å². The fourth-order valence-corrected chi connectivity index (χ4v) is 4.09. The fourth-order valence-electron chi connectivity index (χ4n) is 4.09. The third kappa shape index (κ3) is 4.12. The van der Waals surface area contributed by atoms with Crippen molar-refractivity contribution in [1.82, 2.24) is 24.6 Å². The molecule has 0 saturated carbocycles. The quantitative estimate of drug-likeness (QED) is 0.485. The molecule has 10 heteroatoms. The van der Waals surface area contributed by atoms with Crippen LogP contribution >= 0.6 is 0 Å². The van der Waals surface area contributed by atoms with E-state index in [1.807, 2.05) is 6.07 Å². The van der Waals surface area contributed by atoms with Gasteiger partial charge in [0.1, 0.15) is 11.9 Å². The summed E-state index contributed by atoms with van der Waals surface area (Å²) in [5.41, 5.74) is 2.01. The highest BCUT2D eigenvalue weighted by Gasteiger charge is 2.22. The van der Waals surface area contributed by atoms with Crippen LogP contribution in [0.15, 0.2) is 48.8 Å². The maximum atomic E-state index is 14.6. The number of aliphatic hydroxyl groups excluding tert-OH is 1. The zero-order valence-electron chi connectivity index (χ0n) is 18.8. The van der Waals surface area contributed by atoms with Crippen LogP contribution in [0.5, 0.6) is 0 Å². The number of fused-ring (bicyclic) bond motifs is 1. The van der Waals surface area contributed by atoms with Gasteiger partial charge < -0.3 is 14.7 Å². The Labute approximate surface area is 200 Å². The van der Waals surface area contributed by atoms with Gasteiger partial charge >= 0.3 is 0 Å². The van der Waals surface area contributed by atoms with E-state index in [-0.39, 0.29) is 23.0 Å². The number of hydrogen-bond donors (Lipinski definition) is 1. The van der Waals surface area contributed by atoms with Crippen molar-refractivity contribution in [3.8, 4) is 23.1 Å². The molecular formula is C25H21FN6O3. The Hall–Kier alpha value is -4.20. The van der Waals surface area contributed by atoms with Crippen LogP contribution in [-0.2, 0) is 4.74 Å². The maximum Gasteiger partial charge on any atom is 0.254 e. The number of aromatic nitrogens is 4. The van der Waals surface area contributed by atoms with Crippen molar-refractivity contribution in [2.24, 2.45) is 0 Å². The highest BCUT2D eigenvalue weighted by molar-refractivity contribution is 5.98. The van der Waals surface area contributed by atoms with Crippen LogP contribution in [0.2, 0.25) is 0 Å². The molecule has 4 aromatic rings. The molecule has 9 nitrogen and oxygen atoms in total. The number of ether oxygens (including phenoxy) is 1. The average Bonchev–Trinajstić information content (AvgIpc) is 3.28. The lowest BCUT2D eigenvalue weighted by atomic mass is 10.1. The Balaban J connectivity index is 1.56. The van der Waals surface area contributed by atoms with Crippen LogP contribution in [0, 0.1) is 17.1 Å². The minimum absolute atomic E-state index is 0.0660. The molecule has 1 N–H and O–H groups in total. The first kappa shape index (κ1) is 22.6. The summed E-state index contributed by atoms with van der Waals surface area (Å²) in [6.45, 7) is 3.63. The number of halogens is 1. The number of carbonyl (C=O) groups is 1. The zero-order chi connectivity index (χ0) is 24.5. The SMILES string of the molecule is CC(O)c1nn(-c2ncc(-c3cccc(C#N)c3F)cn2)c2cc(C(=O)N3CCOCC3)ccc12. The van der Waals surface area contributed by atoms with Gasteiger partial charge in [-0.25, -0.2) is 14.4 Å². The number of rotatable bonds is 4. The molecule has 5 rings (SSSR count). The summed E-state index contributed by atoms with van der Waals surface area (Å²) in [7, 11) is 0. The molecule has 1 saturated heterocycles. The van der Waals surface area contributed by atoms with E-state index in [1.165, 1.54) is 23.1 Å². The standard InChI is InChI=1S/C25H21FN6O3/c1-15(33)23-20-6-5-16(24(34)31-7-9-35-10-8-31)11-21(20)32(30-23)25-28-13-18(14-29-25)19-4-2-3-17(12-27)22(19)26/h2-6,11,13-15,33H,7-10H2,1H3. The first-order chi connectivity index (χ1) is 17.0. The summed E-state index contributed by atoms with van der Waals surface area (Å²) < 4.78 is 21.4. The highest BCUT2D eigenvalue weighted by atomic mass is 19.1. The highest BCUT2D eigenvalue weighted by Crippen LogP contribution is 2.28. The number of carbonyl (C=O) groups excluding carboxylic acids is 1. The first-order valence-corrected chi connectivity index (χ1v) is 11.1. The van der Waals surface area contributed by atoms with Crippen molar-refractivity contribution >= 4 is 16.8 Å². The molecule has 1 fully saturated rings. The number of morpholine rings is 1. The van der Waals surface area contributed by atoms with E-state index in [0.29, 0.717) is 54.0 Å². The molecule has 0 aliphatic carbocycles. The molecule has 2 aromatic heterocycles. The van der Waals surface area contributed by atoms with Crippen molar-refractivity contribution in [1.29, 1.82) is 5.26 Å². The van der Waals surface area contributed by atoms with Gasteiger partial charge in [0, 0.05) is 47.6 Å². The van der Waals surface area contributed by atoms with Crippen molar-refractivity contribution in [3.63, 3.8) is 0 Å². The van der Waals surface area contributed by atoms with Gasteiger partial charge in [-0.3, -0.25) is 4.79 Å². The molecule has 1 aliphatic rings. The van der Waals surface area contributed by atoms with Gasteiger partial charge in [-0.15, -0.1) is 0 Å². The summed E-state index contributed by atoms with van der Waals surface area (Å²) in [5, 5.41) is 24.5. The predicted octanol–water partition coefficient (Wildman–Crippen LogP) is 3.02. The summed E-state index contributed by atoms with van der Waals surface area (Å²) >= 11 is 0. The van der Waals surface area contributed by atoms with Gasteiger partial charge in [-0.2, -0.15) is 15.0 Å². The van der Waals surface area contributed by atoms with E-state index in [1.54, 1.807) is 42.2 Å². The molecular weight excluding hydrogens is 451 g/mol. The van der Waals surface area contributed by atoms with Crippen molar-refractivity contribution in [2.45, 2.75) is 13.0 Å². The third-order valence-corrected chi connectivity index (χ3v) is 5.91. The number of aliphatic hydroxyl groups is 1. The third-order valence-electron chi connectivity index (χ3n) is 5.91. The van der Waals surface area contributed by atoms with Crippen LogP contribution in [0.3, 0.4) is 0 Å². The largest absolute Gasteiger partial charge is 0.387 e. The lowest BCUT2D eigenvalue weighted by Crippen LogP contribution is -2.40. The molecule has 1 atom stereocenters. The number of benzene rings is 2. The maximum absolute atomic E-state index is 14.6. The topological polar surface area (TPSA) is 117 Å². The molecule has 1 unspecified atom stereocenters. The predicted molar refractivity (Wildman–Crippen MR) is 124 cm³/mol. The van der Waals surface area contributed by atoms with E-state index >= 15 is 0 Å². The summed E-state index contributed by atoms with van der Waals surface area (Å²) in [4.78, 5) is 23.5. The van der Waals surface area contributed by atoms with Crippen molar-refractivity contribution in [2.75, 3.05) is 26.3 Å². The van der Waals surface area contributed by atoms with E-state index < -0.39 is 11.9 Å². The van der Waals surface area contributed by atoms with Crippen LogP contribution in [0.25, 0.3) is 28.0 Å². The molecule has 1 aliphatic heterocycles. The number of nitrogens with zero attached hydrogens (tertiary/aromatic N) is 6. The molecule has 3 heterocycles. The summed E-state index contributed by atoms with van der Waals surface area (Å²) in [6, 6.07) is 11.5. The minimum Gasteiger partial charge on any atom is -0.387 e. The average molecular weight is 472 g/mol. The number of amides is 1. The van der Waals surface area contributed by atoms with Crippen molar-refractivity contribution < 1.29 is 19.0 Å². The van der Waals surface area contributed by atoms with Gasteiger partial charge in [-0.1, -0.05) is 18.2 Å². The Morgan fingerprint density at radius 2 is 1.94 bits per heavy atom. The second-order valence-electron chi connectivity index (χ2n) is 8.16. The van der Waals surface area contributed by atoms with Crippen LogP contribution in [-0.4, -0.2) is 62.0 Å². The Kier molecular flexibility index (Phi) is 5.94. The van der Waals surface area contributed by atoms with Crippen LogP contribution in [0.4, 0.5) is 4.39 Å². The molecule has 35 heavy (non-hydrogen) atoms. The fraction of sp³-hybridized carbons (Fsp3) is 0.240. The first-order valence-electron chi connectivity index (χ1n) is 11.1. The minimum atomic E-state index is -0.860. The van der Waals surface area contributed by atoms with Gasteiger partial charge in [0.15, 0.2) is 0 Å². The summed E-state index contributed by atoms with van der Waals surface area (Å²) in [6.07, 6.45) is 2.03. The van der Waals surface area contributed by atoms with E-state index in [2.05, 4.69) is 15.1 Å². The summed E-state index contributed by atoms with van der Waals surface area (Å²) in [5.74, 6) is -0.567. The van der Waals surface area contributed by atoms with Gasteiger partial charge in [0.25, 0.3) is 11.9 Å². The molecule has 176 valence electrons. The lowest BCUT2D eigenvalue weighted by Gasteiger charge is -2.26. The molecule has 0 bridgehead atoms. The molecule has 2 aromatic carbocycles. The smallest absolute Gasteiger partial charge is 0.254 e. The Morgan fingerprint density at radius 3 is 2.63 bits per heavy atom. The lowest BCUT2D eigenvalue weighted by molar-refractivity contribution is 0.0303.